The van der Waals surface area contributed by atoms with Crippen LogP contribution < -0.4 is 0 Å². The topological polar surface area (TPSA) is 0 Å². The summed E-state index contributed by atoms with van der Waals surface area (Å²) in [6, 6.07) is 0. The summed E-state index contributed by atoms with van der Waals surface area (Å²) >= 11 is -7.18. The maximum absolute atomic E-state index is 9.90. The van der Waals surface area contributed by atoms with Crippen LogP contribution >= 0.6 is 0 Å². The summed E-state index contributed by atoms with van der Waals surface area (Å²) in [5.41, 5.74) is 0. The predicted molar refractivity (Wildman–Crippen MR) is 17.3 cm³/mol. The van der Waals surface area contributed by atoms with E-state index in [9.17, 15) is 11.5 Å². The van der Waals surface area contributed by atoms with Crippen LogP contribution in [0.4, 0.5) is 11.5 Å². The quantitative estimate of drug-likeness (QED) is 0.414. The normalized spacial score (nSPS) is 10.0. The molecule has 0 aliphatic carbocycles. The Morgan fingerprint density at radius 2 is 0.833 bits per heavy atom. The predicted octanol–water partition coefficient (Wildman–Crippen LogP) is 0.651. The van der Waals surface area contributed by atoms with Gasteiger partial charge >= 0.3 is 61.7 Å². The monoisotopic (exact) mass is 220 g/mol. The maximum atomic E-state index is 9.90. The Labute approximate surface area is 61.2 Å². The minimum absolute atomic E-state index is 0. The van der Waals surface area contributed by atoms with Crippen molar-refractivity contribution in [2.24, 2.45) is 0 Å². The van der Waals surface area contributed by atoms with Gasteiger partial charge in [-0.25, -0.2) is 0 Å². The van der Waals surface area contributed by atoms with Gasteiger partial charge in [-0.1, -0.05) is 0 Å². The Morgan fingerprint density at radius 1 is 0.833 bits per heavy atom. The first-order valence-corrected chi connectivity index (χ1v) is 5.07. The van der Waals surface area contributed by atoms with Crippen LogP contribution in [0.2, 0.25) is 0 Å². The van der Waals surface area contributed by atoms with E-state index in [1.54, 1.807) is 0 Å². The second-order valence-corrected chi connectivity index (χ2v) is 2.87. The Kier molecular flexibility index (Phi) is 6.14. The summed E-state index contributed by atoms with van der Waals surface area (Å²) in [6.07, 6.45) is 0. The molecule has 0 amide bonds. The number of halogens is 4. The molecule has 0 radical (unpaired) electrons. The number of hydrogen-bond donors (Lipinski definition) is 0. The van der Waals surface area contributed by atoms with E-state index in [0.29, 0.717) is 0 Å². The third kappa shape index (κ3) is 48.9. The fraction of sp³-hybridized carbons (Fsp3) is 0. The molecule has 0 heterocycles. The van der Waals surface area contributed by atoms with E-state index in [1.807, 2.05) is 0 Å². The molecule has 34 valence electrons. The third-order valence-corrected chi connectivity index (χ3v) is 0. The van der Waals surface area contributed by atoms with Crippen molar-refractivity contribution in [1.82, 2.24) is 0 Å². The Morgan fingerprint density at radius 3 is 0.833 bits per heavy atom. The molecular formula is HF4NaSn. The molecule has 0 aromatic carbocycles. The van der Waals surface area contributed by atoms with Crippen LogP contribution in [0.15, 0.2) is 0 Å². The molecule has 0 N–H and O–H groups in total. The molecule has 0 rings (SSSR count). The Hall–Kier alpha value is 1.52. The zero-order chi connectivity index (χ0) is 4.50. The summed E-state index contributed by atoms with van der Waals surface area (Å²) in [5.74, 6) is 0. The summed E-state index contributed by atoms with van der Waals surface area (Å²) in [6.45, 7) is 0. The molecule has 0 spiro atoms. The fourth-order valence-corrected chi connectivity index (χ4v) is 0. The second kappa shape index (κ2) is 3.51. The molecule has 6 heavy (non-hydrogen) atoms. The first-order valence-electron chi connectivity index (χ1n) is 0.756. The van der Waals surface area contributed by atoms with Crippen molar-refractivity contribution >= 4 is 50.2 Å². The number of hydrogen-bond acceptors (Lipinski definition) is 0. The Bertz CT molecular complexity index is 23.0. The second-order valence-electron chi connectivity index (χ2n) is 0.429. The van der Waals surface area contributed by atoms with Gasteiger partial charge in [0.1, 0.15) is 0 Å². The summed E-state index contributed by atoms with van der Waals surface area (Å²) in [4.78, 5) is 0. The van der Waals surface area contributed by atoms with Crippen LogP contribution in [-0.4, -0.2) is 50.2 Å². The van der Waals surface area contributed by atoms with Crippen molar-refractivity contribution < 1.29 is 11.5 Å². The zero-order valence-corrected chi connectivity index (χ0v) is 4.87. The van der Waals surface area contributed by atoms with E-state index in [1.165, 1.54) is 0 Å². The van der Waals surface area contributed by atoms with Crippen molar-refractivity contribution in [2.75, 3.05) is 0 Å². The molecule has 0 saturated heterocycles. The van der Waals surface area contributed by atoms with Gasteiger partial charge in [-0.2, -0.15) is 0 Å². The van der Waals surface area contributed by atoms with Gasteiger partial charge in [-0.3, -0.25) is 0 Å². The molecule has 0 bridgehead atoms. The first-order chi connectivity index (χ1) is 2.00. The van der Waals surface area contributed by atoms with Crippen LogP contribution in [-0.2, 0) is 0 Å². The van der Waals surface area contributed by atoms with Crippen LogP contribution in [0.25, 0.3) is 0 Å². The van der Waals surface area contributed by atoms with Crippen molar-refractivity contribution in [3.05, 3.63) is 0 Å². The Balaban J connectivity index is 0. The average molecular weight is 219 g/mol. The first kappa shape index (κ1) is 10.5. The van der Waals surface area contributed by atoms with Gasteiger partial charge in [0, 0.05) is 0 Å². The zero-order valence-electron chi connectivity index (χ0n) is 2.01. The molecule has 6 heteroatoms. The van der Waals surface area contributed by atoms with E-state index in [0.717, 1.165) is 0 Å². The van der Waals surface area contributed by atoms with Crippen LogP contribution in [0.1, 0.15) is 0 Å². The third-order valence-electron chi connectivity index (χ3n) is 0. The standard InChI is InChI=1S/4FH.Na.Sn.H/h4*1H;;;/q;;;;;+4;/p-4. The molecule has 0 aromatic heterocycles. The van der Waals surface area contributed by atoms with Gasteiger partial charge in [0.15, 0.2) is 0 Å². The molecule has 0 aromatic rings. The minimum atomic E-state index is -7.18. The molecule has 0 aliphatic rings. The van der Waals surface area contributed by atoms with Gasteiger partial charge in [-0.15, -0.1) is 0 Å². The molecule has 0 saturated carbocycles. The fourth-order valence-electron chi connectivity index (χ4n) is 0. The molecule has 0 aliphatic heterocycles. The number of rotatable bonds is 0. The van der Waals surface area contributed by atoms with E-state index >= 15 is 0 Å². The van der Waals surface area contributed by atoms with E-state index in [2.05, 4.69) is 0 Å². The van der Waals surface area contributed by atoms with Crippen LogP contribution in [0, 0.1) is 0 Å². The molecule has 0 unspecified atom stereocenters. The van der Waals surface area contributed by atoms with Gasteiger partial charge < -0.3 is 0 Å². The van der Waals surface area contributed by atoms with Crippen molar-refractivity contribution in [3.63, 3.8) is 0 Å². The van der Waals surface area contributed by atoms with Crippen molar-refractivity contribution in [1.29, 1.82) is 0 Å². The van der Waals surface area contributed by atoms with E-state index in [-0.39, 0.29) is 29.6 Å². The molecular weight excluding hydrogens is 218 g/mol. The average Bonchev–Trinajstić information content (AvgIpc) is 0.722. The van der Waals surface area contributed by atoms with Crippen LogP contribution in [0.3, 0.4) is 0 Å². The summed E-state index contributed by atoms with van der Waals surface area (Å²) < 4.78 is 39.6. The molecule has 0 fully saturated rings. The van der Waals surface area contributed by atoms with Gasteiger partial charge in [0.05, 0.1) is 0 Å². The van der Waals surface area contributed by atoms with Crippen molar-refractivity contribution in [2.45, 2.75) is 0 Å². The summed E-state index contributed by atoms with van der Waals surface area (Å²) in [7, 11) is 0. The van der Waals surface area contributed by atoms with E-state index in [4.69, 9.17) is 0 Å². The SMILES string of the molecule is [F][Sn]([F])([F])[F].[NaH]. The van der Waals surface area contributed by atoms with Gasteiger partial charge in [0.2, 0.25) is 0 Å². The van der Waals surface area contributed by atoms with Gasteiger partial charge in [0.25, 0.3) is 0 Å². The van der Waals surface area contributed by atoms with Crippen LogP contribution in [0.5, 0.6) is 0 Å². The molecule has 0 atom stereocenters. The van der Waals surface area contributed by atoms with Crippen molar-refractivity contribution in [3.8, 4) is 0 Å². The van der Waals surface area contributed by atoms with Gasteiger partial charge in [-0.05, 0) is 0 Å². The molecule has 0 nitrogen and oxygen atoms in total. The summed E-state index contributed by atoms with van der Waals surface area (Å²) in [5, 5.41) is 0. The van der Waals surface area contributed by atoms with E-state index < -0.39 is 20.7 Å².